The molecule has 0 aromatic heterocycles. The van der Waals surface area contributed by atoms with Crippen molar-refractivity contribution in [3.8, 4) is 0 Å². The summed E-state index contributed by atoms with van der Waals surface area (Å²) in [6.45, 7) is 4.65. The zero-order valence-electron chi connectivity index (χ0n) is 8.73. The van der Waals surface area contributed by atoms with Crippen molar-refractivity contribution in [1.82, 2.24) is 0 Å². The van der Waals surface area contributed by atoms with Crippen LogP contribution in [0.5, 0.6) is 0 Å². The zero-order chi connectivity index (χ0) is 8.81. The van der Waals surface area contributed by atoms with Crippen LogP contribution in [0, 0.1) is 11.8 Å². The molecule has 1 aliphatic carbocycles. The highest BCUT2D eigenvalue weighted by molar-refractivity contribution is 4.92. The fourth-order valence-corrected chi connectivity index (χ4v) is 2.35. The van der Waals surface area contributed by atoms with Crippen LogP contribution in [0.2, 0.25) is 0 Å². The molecule has 0 aromatic carbocycles. The first-order valence-electron chi connectivity index (χ1n) is 5.70. The van der Waals surface area contributed by atoms with Gasteiger partial charge in [-0.05, 0) is 31.1 Å². The van der Waals surface area contributed by atoms with E-state index in [0.29, 0.717) is 0 Å². The third kappa shape index (κ3) is 3.16. The summed E-state index contributed by atoms with van der Waals surface area (Å²) < 4.78 is 0. The molecule has 1 aliphatic rings. The van der Waals surface area contributed by atoms with Crippen LogP contribution in [0.15, 0.2) is 0 Å². The minimum absolute atomic E-state index is 1.02. The molecule has 1 unspecified atom stereocenters. The monoisotopic (exact) mass is 167 g/mol. The summed E-state index contributed by atoms with van der Waals surface area (Å²) in [6, 6.07) is 0. The van der Waals surface area contributed by atoms with Gasteiger partial charge in [0.15, 0.2) is 0 Å². The van der Waals surface area contributed by atoms with E-state index >= 15 is 0 Å². The molecule has 1 fully saturated rings. The molecule has 0 heterocycles. The third-order valence-electron chi connectivity index (χ3n) is 3.15. The average Bonchev–Trinajstić information content (AvgIpc) is 2.30. The maximum Gasteiger partial charge on any atom is -0.0238 e. The predicted molar refractivity (Wildman–Crippen MR) is 55.0 cm³/mol. The van der Waals surface area contributed by atoms with Crippen molar-refractivity contribution in [2.24, 2.45) is 5.92 Å². The van der Waals surface area contributed by atoms with Crippen LogP contribution in [0.25, 0.3) is 0 Å². The molecular weight excluding hydrogens is 144 g/mol. The van der Waals surface area contributed by atoms with Crippen molar-refractivity contribution in [2.75, 3.05) is 0 Å². The minimum atomic E-state index is 1.02. The van der Waals surface area contributed by atoms with E-state index in [1.165, 1.54) is 51.4 Å². The molecule has 1 saturated carbocycles. The number of rotatable bonds is 3. The lowest BCUT2D eigenvalue weighted by Gasteiger charge is -2.17. The molecular formula is C12H23. The Morgan fingerprint density at radius 2 is 2.08 bits per heavy atom. The highest BCUT2D eigenvalue weighted by Gasteiger charge is 2.18. The summed E-state index contributed by atoms with van der Waals surface area (Å²) in [5.41, 5.74) is 0. The minimum Gasteiger partial charge on any atom is -0.0654 e. The summed E-state index contributed by atoms with van der Waals surface area (Å²) in [4.78, 5) is 0. The van der Waals surface area contributed by atoms with Gasteiger partial charge in [0.05, 0.1) is 0 Å². The van der Waals surface area contributed by atoms with Gasteiger partial charge in [0.2, 0.25) is 0 Å². The summed E-state index contributed by atoms with van der Waals surface area (Å²) >= 11 is 0. The molecule has 0 nitrogen and oxygen atoms in total. The van der Waals surface area contributed by atoms with E-state index in [2.05, 4.69) is 13.8 Å². The van der Waals surface area contributed by atoms with Crippen molar-refractivity contribution < 1.29 is 0 Å². The Labute approximate surface area is 77.7 Å². The largest absolute Gasteiger partial charge is 0.0654 e. The SMILES string of the molecule is CCC[C]1CCCCC(CC)C1. The fraction of sp³-hybridized carbons (Fsp3) is 0.917. The maximum atomic E-state index is 2.35. The van der Waals surface area contributed by atoms with Gasteiger partial charge in [0, 0.05) is 0 Å². The maximum absolute atomic E-state index is 2.35. The van der Waals surface area contributed by atoms with Crippen LogP contribution in [-0.4, -0.2) is 0 Å². The Hall–Kier alpha value is 0. The van der Waals surface area contributed by atoms with Crippen LogP contribution in [0.3, 0.4) is 0 Å². The van der Waals surface area contributed by atoms with Gasteiger partial charge < -0.3 is 0 Å². The van der Waals surface area contributed by atoms with E-state index in [1.807, 2.05) is 5.92 Å². The van der Waals surface area contributed by atoms with Crippen LogP contribution in [0.4, 0.5) is 0 Å². The molecule has 1 radical (unpaired) electrons. The van der Waals surface area contributed by atoms with Crippen molar-refractivity contribution in [2.45, 2.75) is 65.2 Å². The topological polar surface area (TPSA) is 0 Å². The van der Waals surface area contributed by atoms with E-state index in [9.17, 15) is 0 Å². The van der Waals surface area contributed by atoms with Gasteiger partial charge in [-0.2, -0.15) is 0 Å². The van der Waals surface area contributed by atoms with Crippen molar-refractivity contribution in [3.05, 3.63) is 5.92 Å². The highest BCUT2D eigenvalue weighted by Crippen LogP contribution is 2.33. The zero-order valence-corrected chi connectivity index (χ0v) is 8.73. The summed E-state index contributed by atoms with van der Waals surface area (Å²) in [5.74, 6) is 2.89. The molecule has 0 spiro atoms. The lowest BCUT2D eigenvalue weighted by atomic mass is 9.89. The van der Waals surface area contributed by atoms with Gasteiger partial charge in [-0.1, -0.05) is 46.0 Å². The standard InChI is InChI=1S/C12H23/c1-3-7-12-9-6-5-8-11(4-2)10-12/h11H,3-10H2,1-2H3. The second kappa shape index (κ2) is 5.61. The van der Waals surface area contributed by atoms with Gasteiger partial charge in [-0.15, -0.1) is 0 Å². The van der Waals surface area contributed by atoms with Crippen molar-refractivity contribution in [3.63, 3.8) is 0 Å². The van der Waals surface area contributed by atoms with Crippen LogP contribution < -0.4 is 0 Å². The van der Waals surface area contributed by atoms with Crippen molar-refractivity contribution in [1.29, 1.82) is 0 Å². The Bertz CT molecular complexity index is 107. The molecule has 0 heteroatoms. The fourth-order valence-electron chi connectivity index (χ4n) is 2.35. The Balaban J connectivity index is 2.31. The summed E-state index contributed by atoms with van der Waals surface area (Å²) in [6.07, 6.45) is 11.5. The third-order valence-corrected chi connectivity index (χ3v) is 3.15. The first kappa shape index (κ1) is 10.1. The van der Waals surface area contributed by atoms with E-state index < -0.39 is 0 Å². The molecule has 1 atom stereocenters. The molecule has 0 aliphatic heterocycles. The van der Waals surface area contributed by atoms with Gasteiger partial charge >= 0.3 is 0 Å². The Morgan fingerprint density at radius 3 is 2.75 bits per heavy atom. The molecule has 71 valence electrons. The number of hydrogen-bond acceptors (Lipinski definition) is 0. The van der Waals surface area contributed by atoms with Crippen LogP contribution in [-0.2, 0) is 0 Å². The smallest absolute Gasteiger partial charge is 0.0238 e. The van der Waals surface area contributed by atoms with E-state index in [4.69, 9.17) is 0 Å². The van der Waals surface area contributed by atoms with E-state index in [-0.39, 0.29) is 0 Å². The number of hydrogen-bond donors (Lipinski definition) is 0. The normalized spacial score (nSPS) is 27.0. The van der Waals surface area contributed by atoms with Gasteiger partial charge in [-0.3, -0.25) is 0 Å². The molecule has 0 bridgehead atoms. The summed E-state index contributed by atoms with van der Waals surface area (Å²) in [7, 11) is 0. The second-order valence-corrected chi connectivity index (χ2v) is 4.22. The molecule has 0 N–H and O–H groups in total. The average molecular weight is 167 g/mol. The molecule has 0 aromatic rings. The van der Waals surface area contributed by atoms with Crippen LogP contribution >= 0.6 is 0 Å². The lowest BCUT2D eigenvalue weighted by molar-refractivity contribution is 0.448. The highest BCUT2D eigenvalue weighted by atomic mass is 14.2. The first-order chi connectivity index (χ1) is 5.86. The summed E-state index contributed by atoms with van der Waals surface area (Å²) in [5, 5.41) is 0. The lowest BCUT2D eigenvalue weighted by Crippen LogP contribution is -2.03. The molecule has 1 rings (SSSR count). The molecule has 12 heavy (non-hydrogen) atoms. The van der Waals surface area contributed by atoms with E-state index in [0.717, 1.165) is 5.92 Å². The van der Waals surface area contributed by atoms with Crippen molar-refractivity contribution >= 4 is 0 Å². The van der Waals surface area contributed by atoms with E-state index in [1.54, 1.807) is 0 Å². The van der Waals surface area contributed by atoms with Crippen LogP contribution in [0.1, 0.15) is 65.2 Å². The quantitative estimate of drug-likeness (QED) is 0.548. The predicted octanol–water partition coefficient (Wildman–Crippen LogP) is 4.35. The van der Waals surface area contributed by atoms with Gasteiger partial charge in [0.1, 0.15) is 0 Å². The second-order valence-electron chi connectivity index (χ2n) is 4.22. The van der Waals surface area contributed by atoms with Gasteiger partial charge in [0.25, 0.3) is 0 Å². The first-order valence-corrected chi connectivity index (χ1v) is 5.70. The molecule has 0 amide bonds. The molecule has 0 saturated heterocycles. The Morgan fingerprint density at radius 1 is 1.25 bits per heavy atom. The van der Waals surface area contributed by atoms with Gasteiger partial charge in [-0.25, -0.2) is 0 Å². The Kier molecular flexibility index (Phi) is 4.72.